The van der Waals surface area contributed by atoms with Crippen LogP contribution in [-0.2, 0) is 30.1 Å². The van der Waals surface area contributed by atoms with Crippen LogP contribution in [0.4, 0.5) is 0 Å². The number of hydrogen-bond donors (Lipinski definition) is 4. The number of nitrogens with two attached hydrogens (primary N) is 2. The van der Waals surface area contributed by atoms with E-state index in [1.807, 2.05) is 48.5 Å². The summed E-state index contributed by atoms with van der Waals surface area (Å²) in [4.78, 5) is 26.9. The lowest BCUT2D eigenvalue weighted by Crippen LogP contribution is -2.31. The molecule has 4 aromatic rings. The molecule has 0 spiro atoms. The van der Waals surface area contributed by atoms with Gasteiger partial charge in [0.1, 0.15) is 11.5 Å². The van der Waals surface area contributed by atoms with Crippen molar-refractivity contribution in [1.29, 1.82) is 0 Å². The predicted octanol–water partition coefficient (Wildman–Crippen LogP) is 13.0. The molecule has 332 valence electrons. The quantitative estimate of drug-likeness (QED) is 0.0369. The zero-order valence-corrected chi connectivity index (χ0v) is 39.0. The minimum absolute atomic E-state index is 0.135. The fourth-order valence-electron chi connectivity index (χ4n) is 9.08. The van der Waals surface area contributed by atoms with Gasteiger partial charge in [0.25, 0.3) is 0 Å². The second-order valence-corrected chi connectivity index (χ2v) is 18.9. The number of rotatable bonds is 26. The molecule has 0 saturated heterocycles. The summed E-state index contributed by atoms with van der Waals surface area (Å²) < 4.78 is 0. The van der Waals surface area contributed by atoms with Crippen LogP contribution in [0, 0.1) is 0 Å². The Morgan fingerprint density at radius 2 is 0.836 bits per heavy atom. The van der Waals surface area contributed by atoms with Gasteiger partial charge in [-0.25, -0.2) is 0 Å². The standard InChI is InChI=1S/C55H78N2O4/c1-9-11-13-15-17-19-21-27-40-33-42(52(60)48(35-40)54(5,6)46-31-25-23-29-44(46)50(58)38(3)56)37-43-34-41(28-22-20-18-16-14-12-10-2)36-49(53(43)61)55(7,8)47-32-26-24-30-45(47)51(59)39(4)57/h23-26,29-36,38-39,60-61H,9-22,27-28,37,56-57H2,1-8H3/t38-,39-/m0/s1. The highest BCUT2D eigenvalue weighted by Gasteiger charge is 2.34. The average Bonchev–Trinajstić information content (AvgIpc) is 3.24. The van der Waals surface area contributed by atoms with Crippen molar-refractivity contribution in [2.24, 2.45) is 11.5 Å². The number of phenols is 2. The molecule has 0 heterocycles. The molecule has 0 aromatic heterocycles. The van der Waals surface area contributed by atoms with E-state index >= 15 is 0 Å². The number of benzene rings is 4. The Morgan fingerprint density at radius 3 is 1.18 bits per heavy atom. The van der Waals surface area contributed by atoms with Gasteiger partial charge in [0, 0.05) is 39.5 Å². The summed E-state index contributed by atoms with van der Waals surface area (Å²) in [5.41, 5.74) is 18.8. The summed E-state index contributed by atoms with van der Waals surface area (Å²) in [5.74, 6) is 0.0677. The molecule has 0 unspecified atom stereocenters. The SMILES string of the molecule is CCCCCCCCCc1cc(Cc2cc(CCCCCCCCC)cc(C(C)(C)c3ccccc3C(=O)[C@H](C)N)c2O)c(O)c(C(C)(C)c2ccccc2C(=O)[C@H](C)N)c1. The summed E-state index contributed by atoms with van der Waals surface area (Å²) in [5, 5.41) is 24.9. The van der Waals surface area contributed by atoms with E-state index in [1.165, 1.54) is 64.2 Å². The normalized spacial score (nSPS) is 13.0. The molecule has 0 amide bonds. The highest BCUT2D eigenvalue weighted by atomic mass is 16.3. The van der Waals surface area contributed by atoms with Crippen LogP contribution in [0.25, 0.3) is 0 Å². The van der Waals surface area contributed by atoms with Crippen LogP contribution < -0.4 is 11.5 Å². The number of ketones is 2. The molecule has 0 bridgehead atoms. The maximum Gasteiger partial charge on any atom is 0.179 e. The Hall–Kier alpha value is -4.26. The van der Waals surface area contributed by atoms with Crippen LogP contribution in [-0.4, -0.2) is 33.9 Å². The largest absolute Gasteiger partial charge is 0.507 e. The molecule has 0 saturated carbocycles. The maximum atomic E-state index is 13.5. The van der Waals surface area contributed by atoms with Crippen molar-refractivity contribution in [3.8, 4) is 11.5 Å². The molecular formula is C55H78N2O4. The topological polar surface area (TPSA) is 127 Å². The van der Waals surface area contributed by atoms with E-state index < -0.39 is 22.9 Å². The van der Waals surface area contributed by atoms with Crippen molar-refractivity contribution < 1.29 is 19.8 Å². The van der Waals surface area contributed by atoms with Crippen molar-refractivity contribution in [2.75, 3.05) is 0 Å². The Kier molecular flexibility index (Phi) is 18.8. The van der Waals surface area contributed by atoms with Crippen molar-refractivity contribution in [3.05, 3.63) is 128 Å². The molecule has 6 N–H and O–H groups in total. The van der Waals surface area contributed by atoms with Gasteiger partial charge in [-0.05, 0) is 72.9 Å². The molecule has 4 aromatic carbocycles. The highest BCUT2D eigenvalue weighted by Crippen LogP contribution is 2.45. The molecule has 0 radical (unpaired) electrons. The fourth-order valence-corrected chi connectivity index (χ4v) is 9.08. The van der Waals surface area contributed by atoms with Gasteiger partial charge in [-0.1, -0.05) is 191 Å². The molecule has 61 heavy (non-hydrogen) atoms. The van der Waals surface area contributed by atoms with Gasteiger partial charge in [0.15, 0.2) is 11.6 Å². The summed E-state index contributed by atoms with van der Waals surface area (Å²) in [6.07, 6.45) is 18.8. The lowest BCUT2D eigenvalue weighted by Gasteiger charge is -2.32. The van der Waals surface area contributed by atoms with E-state index in [9.17, 15) is 19.8 Å². The smallest absolute Gasteiger partial charge is 0.179 e. The first-order valence-electron chi connectivity index (χ1n) is 23.5. The first kappa shape index (κ1) is 49.4. The molecule has 6 nitrogen and oxygen atoms in total. The summed E-state index contributed by atoms with van der Waals surface area (Å²) in [6, 6.07) is 22.4. The second kappa shape index (κ2) is 23.3. The van der Waals surface area contributed by atoms with Crippen LogP contribution in [0.15, 0.2) is 72.8 Å². The number of aromatic hydroxyl groups is 2. The Labute approximate surface area is 369 Å². The number of carbonyl (C=O) groups excluding carboxylic acids is 2. The first-order chi connectivity index (χ1) is 29.1. The Balaban J connectivity index is 1.86. The Bertz CT molecular complexity index is 1900. The lowest BCUT2D eigenvalue weighted by molar-refractivity contribution is 0.0959. The third-order valence-corrected chi connectivity index (χ3v) is 12.9. The summed E-state index contributed by atoms with van der Waals surface area (Å²) >= 11 is 0. The van der Waals surface area contributed by atoms with E-state index in [0.717, 1.165) is 83.0 Å². The van der Waals surface area contributed by atoms with E-state index in [1.54, 1.807) is 13.8 Å². The van der Waals surface area contributed by atoms with Crippen LogP contribution in [0.2, 0.25) is 0 Å². The number of carbonyl (C=O) groups is 2. The van der Waals surface area contributed by atoms with Gasteiger partial charge in [0.05, 0.1) is 12.1 Å². The van der Waals surface area contributed by atoms with Gasteiger partial charge in [-0.2, -0.15) is 0 Å². The molecule has 0 aliphatic rings. The van der Waals surface area contributed by atoms with Gasteiger partial charge in [-0.3, -0.25) is 9.59 Å². The molecular weight excluding hydrogens is 753 g/mol. The lowest BCUT2D eigenvalue weighted by atomic mass is 9.72. The number of Topliss-reactive ketones (excluding diaryl/α,β-unsaturated/α-hetero) is 2. The maximum absolute atomic E-state index is 13.5. The predicted molar refractivity (Wildman–Crippen MR) is 256 cm³/mol. The van der Waals surface area contributed by atoms with Gasteiger partial charge in [-0.15, -0.1) is 0 Å². The van der Waals surface area contributed by atoms with Crippen LogP contribution in [0.3, 0.4) is 0 Å². The van der Waals surface area contributed by atoms with E-state index in [-0.39, 0.29) is 23.1 Å². The van der Waals surface area contributed by atoms with E-state index in [4.69, 9.17) is 11.5 Å². The van der Waals surface area contributed by atoms with Gasteiger partial charge >= 0.3 is 0 Å². The van der Waals surface area contributed by atoms with Crippen molar-refractivity contribution >= 4 is 11.6 Å². The Morgan fingerprint density at radius 1 is 0.508 bits per heavy atom. The second-order valence-electron chi connectivity index (χ2n) is 18.9. The van der Waals surface area contributed by atoms with Crippen LogP contribution in [0.5, 0.6) is 11.5 Å². The first-order valence-corrected chi connectivity index (χ1v) is 23.5. The third-order valence-electron chi connectivity index (χ3n) is 12.9. The number of hydrogen-bond acceptors (Lipinski definition) is 6. The number of unbranched alkanes of at least 4 members (excludes halogenated alkanes) is 12. The molecule has 0 fully saturated rings. The molecule has 0 aliphatic carbocycles. The minimum atomic E-state index is -0.749. The van der Waals surface area contributed by atoms with Gasteiger partial charge in [0.2, 0.25) is 0 Å². The molecule has 6 heteroatoms. The van der Waals surface area contributed by atoms with Crippen molar-refractivity contribution in [1.82, 2.24) is 0 Å². The van der Waals surface area contributed by atoms with E-state index in [2.05, 4.69) is 65.8 Å². The van der Waals surface area contributed by atoms with Crippen LogP contribution in [0.1, 0.15) is 211 Å². The van der Waals surface area contributed by atoms with E-state index in [0.29, 0.717) is 17.5 Å². The number of phenolic OH excluding ortho intramolecular Hbond substituents is 2. The molecule has 0 aliphatic heterocycles. The molecule has 4 rings (SSSR count). The highest BCUT2D eigenvalue weighted by molar-refractivity contribution is 6.02. The van der Waals surface area contributed by atoms with Crippen molar-refractivity contribution in [3.63, 3.8) is 0 Å². The van der Waals surface area contributed by atoms with Gasteiger partial charge < -0.3 is 21.7 Å². The van der Waals surface area contributed by atoms with Crippen LogP contribution >= 0.6 is 0 Å². The minimum Gasteiger partial charge on any atom is -0.507 e. The number of aryl methyl sites for hydroxylation is 2. The fraction of sp³-hybridized carbons (Fsp3) is 0.527. The zero-order chi connectivity index (χ0) is 44.7. The zero-order valence-electron chi connectivity index (χ0n) is 39.0. The summed E-state index contributed by atoms with van der Waals surface area (Å²) in [7, 11) is 0. The average molecular weight is 831 g/mol. The third kappa shape index (κ3) is 12.9. The summed E-state index contributed by atoms with van der Waals surface area (Å²) in [6.45, 7) is 16.2. The van der Waals surface area contributed by atoms with Crippen molar-refractivity contribution in [2.45, 2.75) is 187 Å². The monoisotopic (exact) mass is 831 g/mol. The molecule has 2 atom stereocenters.